The van der Waals surface area contributed by atoms with E-state index in [4.69, 9.17) is 62.6 Å². The van der Waals surface area contributed by atoms with E-state index in [9.17, 15) is 60.7 Å². The fraction of sp³-hybridized carbons (Fsp3) is 0.928. The standard InChI is InChI=1S/2C39H73N2O12.C3H7.C2H6N.2Y/c2*1-16-28-38(10,46)32(43)25(6)41(14)20-21(2)18-36(8,45)33(53-35-30(42)27(40(12)13)17-22(3)49-35)23(4)31(24(5)34(44)51-28)52-29-19-37(9,48-15)39(11,47)26(7)50-29;1-3-2;1-2-3;;/h2*21-33,35,42-43,45-47H,11,16-20H2,1-10,12-15H3;1,3H2,2H3;1-3H2;;/q4*-1;;/t2*21-,22-,23+,24-,25-,26+,27+,28-,29+,30-,31+,32-,33-,35+,36+,37-,38-,39-;;;;/m11..../s1. The summed E-state index contributed by atoms with van der Waals surface area (Å²) in [6, 6.07) is -1.65. The normalized spacial score (nSPS) is 47.1. The molecule has 6 heterocycles. The monoisotopic (exact) mass is 1790 g/mol. The maximum Gasteiger partial charge on any atom is 0.311 e. The van der Waals surface area contributed by atoms with Gasteiger partial charge in [-0.25, -0.2) is 0 Å². The quantitative estimate of drug-likeness (QED) is 0.0785. The molecule has 6 saturated heterocycles. The van der Waals surface area contributed by atoms with Gasteiger partial charge in [0.05, 0.1) is 83.1 Å². The summed E-state index contributed by atoms with van der Waals surface area (Å²) < 4.78 is 75.3. The second kappa shape index (κ2) is 46.9. The van der Waals surface area contributed by atoms with Crippen LogP contribution in [-0.4, -0.2) is 338 Å². The zero-order valence-corrected chi connectivity index (χ0v) is 80.9. The smallest absolute Gasteiger partial charge is 0.311 e. The minimum Gasteiger partial charge on any atom is -0.459 e. The van der Waals surface area contributed by atoms with Crippen molar-refractivity contribution < 1.29 is 183 Å². The Balaban J connectivity index is 0.00000105. The molecule has 0 aliphatic carbocycles. The van der Waals surface area contributed by atoms with Crippen LogP contribution in [0.4, 0.5) is 0 Å². The topological polar surface area (TPSA) is 386 Å². The third-order valence-electron chi connectivity index (χ3n) is 25.4. The summed E-state index contributed by atoms with van der Waals surface area (Å²) >= 11 is 0. The van der Waals surface area contributed by atoms with Gasteiger partial charge in [0.25, 0.3) is 0 Å². The Bertz CT molecular complexity index is 2610. The molecule has 2 radical (unpaired) electrons. The predicted octanol–water partition coefficient (Wildman–Crippen LogP) is 5.21. The number of ether oxygens (including phenoxy) is 12. The van der Waals surface area contributed by atoms with Crippen LogP contribution in [0.1, 0.15) is 203 Å². The molecule has 0 aromatic heterocycles. The van der Waals surface area contributed by atoms with Gasteiger partial charge in [-0.05, 0) is 201 Å². The fourth-order valence-corrected chi connectivity index (χ4v) is 17.6. The second-order valence-electron chi connectivity index (χ2n) is 35.8. The molecule has 670 valence electrons. The van der Waals surface area contributed by atoms with Crippen LogP contribution in [0, 0.1) is 63.2 Å². The number of carbonyl (C=O) groups is 2. The number of aliphatic hydroxyl groups excluding tert-OH is 4. The van der Waals surface area contributed by atoms with Crippen molar-refractivity contribution in [3.63, 3.8) is 0 Å². The molecule has 0 spiro atoms. The molecule has 0 saturated carbocycles. The van der Waals surface area contributed by atoms with Crippen LogP contribution < -0.4 is 5.73 Å². The van der Waals surface area contributed by atoms with E-state index in [1.807, 2.05) is 110 Å². The first kappa shape index (κ1) is 112. The van der Waals surface area contributed by atoms with E-state index in [1.165, 1.54) is 28.1 Å². The number of hydrogen-bond acceptors (Lipinski definition) is 29. The van der Waals surface area contributed by atoms with Gasteiger partial charge in [-0.2, -0.15) is 6.42 Å². The molecule has 0 bridgehead atoms. The average Bonchev–Trinajstić information content (AvgIpc) is 0.788. The van der Waals surface area contributed by atoms with E-state index >= 15 is 0 Å². The summed E-state index contributed by atoms with van der Waals surface area (Å²) in [4.78, 5) is 36.2. The number of likely N-dealkylation sites (N-methyl/N-ethyl adjacent to an activating group) is 4. The molecule has 6 aliphatic rings. The summed E-state index contributed by atoms with van der Waals surface area (Å²) in [5.74, 6) is -5.32. The van der Waals surface area contributed by atoms with Gasteiger partial charge < -0.3 is 161 Å². The van der Waals surface area contributed by atoms with Crippen molar-refractivity contribution in [2.75, 3.05) is 76.1 Å². The van der Waals surface area contributed by atoms with Crippen molar-refractivity contribution in [2.24, 2.45) is 41.2 Å². The Morgan fingerprint density at radius 2 is 0.789 bits per heavy atom. The third-order valence-corrected chi connectivity index (χ3v) is 25.4. The Labute approximate surface area is 736 Å². The van der Waals surface area contributed by atoms with E-state index in [0.29, 0.717) is 32.5 Å². The maximum atomic E-state index is 14.2. The first-order chi connectivity index (χ1) is 51.3. The molecule has 0 aromatic rings. The molecular weight excluding hydrogens is 1630 g/mol. The molecule has 0 unspecified atom stereocenters. The number of methoxy groups -OCH3 is 2. The summed E-state index contributed by atoms with van der Waals surface area (Å²) in [6.45, 7) is 53.0. The number of hydrogen-bond donors (Lipinski definition) is 11. The number of cyclic esters (lactones) is 2. The number of nitrogens with two attached hydrogens (primary N) is 1. The molecule has 0 aromatic carbocycles. The molecular formula is C83H159N5O24Y2-4. The Morgan fingerprint density at radius 1 is 0.509 bits per heavy atom. The van der Waals surface area contributed by atoms with E-state index < -0.39 is 191 Å². The molecule has 6 fully saturated rings. The molecule has 12 N–H and O–H groups in total. The van der Waals surface area contributed by atoms with Gasteiger partial charge in [0.1, 0.15) is 47.8 Å². The van der Waals surface area contributed by atoms with Crippen molar-refractivity contribution in [2.45, 2.75) is 383 Å². The molecule has 36 atom stereocenters. The van der Waals surface area contributed by atoms with Crippen molar-refractivity contribution in [1.82, 2.24) is 19.6 Å². The van der Waals surface area contributed by atoms with Crippen LogP contribution in [0.15, 0.2) is 0 Å². The maximum absolute atomic E-state index is 14.2. The van der Waals surface area contributed by atoms with Crippen molar-refractivity contribution in [3.05, 3.63) is 27.7 Å². The molecule has 31 heteroatoms. The number of carbonyl (C=O) groups excluding carboxylic acids is 2. The van der Waals surface area contributed by atoms with Gasteiger partial charge in [0.2, 0.25) is 0 Å². The Morgan fingerprint density at radius 3 is 1.04 bits per heavy atom. The summed E-state index contributed by atoms with van der Waals surface area (Å²) in [5, 5.41) is 117. The van der Waals surface area contributed by atoms with Crippen LogP contribution in [0.25, 0.3) is 0 Å². The van der Waals surface area contributed by atoms with Gasteiger partial charge >= 0.3 is 11.9 Å². The zero-order chi connectivity index (χ0) is 86.6. The minimum atomic E-state index is -1.81. The zero-order valence-electron chi connectivity index (χ0n) is 75.2. The predicted molar refractivity (Wildman–Crippen MR) is 427 cm³/mol. The van der Waals surface area contributed by atoms with Crippen molar-refractivity contribution in [3.8, 4) is 0 Å². The summed E-state index contributed by atoms with van der Waals surface area (Å²) in [5.41, 5.74) is -7.66. The van der Waals surface area contributed by atoms with Gasteiger partial charge in [0.15, 0.2) is 25.2 Å². The van der Waals surface area contributed by atoms with Crippen LogP contribution in [-0.2, 0) is 132 Å². The van der Waals surface area contributed by atoms with Gasteiger partial charge in [-0.15, -0.1) is 6.54 Å². The van der Waals surface area contributed by atoms with Crippen molar-refractivity contribution >= 4 is 11.9 Å². The van der Waals surface area contributed by atoms with Crippen LogP contribution in [0.3, 0.4) is 0 Å². The summed E-state index contributed by atoms with van der Waals surface area (Å²) in [6.07, 6.45) is -14.4. The van der Waals surface area contributed by atoms with E-state index in [-0.39, 0.29) is 140 Å². The summed E-state index contributed by atoms with van der Waals surface area (Å²) in [7, 11) is 14.1. The Kier molecular flexibility index (Phi) is 46.2. The molecule has 0 amide bonds. The van der Waals surface area contributed by atoms with E-state index in [2.05, 4.69) is 27.7 Å². The first-order valence-electron chi connectivity index (χ1n) is 40.9. The molecule has 114 heavy (non-hydrogen) atoms. The molecule has 6 aliphatic heterocycles. The molecule has 29 nitrogen and oxygen atoms in total. The van der Waals surface area contributed by atoms with Crippen LogP contribution in [0.5, 0.6) is 0 Å². The first-order valence-corrected chi connectivity index (χ1v) is 40.9. The van der Waals surface area contributed by atoms with Gasteiger partial charge in [0, 0.05) is 142 Å². The third kappa shape index (κ3) is 27.6. The minimum absolute atomic E-state index is 0. The van der Waals surface area contributed by atoms with Crippen LogP contribution in [0.2, 0.25) is 0 Å². The van der Waals surface area contributed by atoms with Crippen molar-refractivity contribution in [1.29, 1.82) is 0 Å². The number of rotatable bonds is 14. The second-order valence-corrected chi connectivity index (χ2v) is 35.8. The fourth-order valence-electron chi connectivity index (χ4n) is 17.6. The SMILES string of the molecule is [CH2-]CC.[CH2-]CN.[CH2-][C@@]1(O)[C@H](C)O[C@@H](O[C@H]2[C@H](C)[C@@H](O[C@@H]3O[C@H](C)C[C@H](N(C)C)[C@H]3O)[C@@](C)(O)C[C@@H](C)CN(C)[C@H](C)[C@@H](O)[C@](C)(O)[C@@H](CC)OC(=O)[C@@H]2C)C[C@@]1(C)OC.[CH2-][C@@]1(O)[C@H](C)O[C@@H](O[C@H]2[C@H](C)[C@@H](O[C@@H]3O[C@H](C)C[C@H](N(C)C)[C@H]3O)[C@@](C)(O)C[C@@H](C)CN(C)[C@H](C)[C@@H](O)[C@](C)(O)[C@@H](CC)OC(=O)[C@@H]2C)C[C@@]1(C)OC.[Y].[Y]. The largest absolute Gasteiger partial charge is 0.459 e. The number of nitrogens with zero attached hydrogens (tertiary/aromatic N) is 4. The molecule has 6 rings (SSSR count). The Hall–Kier alpha value is 0.148. The number of aliphatic hydroxyl groups is 10. The van der Waals surface area contributed by atoms with Gasteiger partial charge in [-0.1, -0.05) is 48.5 Å². The van der Waals surface area contributed by atoms with E-state index in [0.717, 1.165) is 6.42 Å². The van der Waals surface area contributed by atoms with E-state index in [1.54, 1.807) is 83.1 Å². The number of esters is 2. The van der Waals surface area contributed by atoms with Gasteiger partial charge in [-0.3, -0.25) is 9.59 Å². The van der Waals surface area contributed by atoms with Crippen LogP contribution >= 0.6 is 0 Å². The average molecular weight is 1790 g/mol.